The van der Waals surface area contributed by atoms with Crippen molar-refractivity contribution >= 4 is 29.2 Å². The van der Waals surface area contributed by atoms with E-state index < -0.39 is 12.1 Å². The Morgan fingerprint density at radius 3 is 2.48 bits per heavy atom. The number of carboxylic acid groups (broad SMARTS) is 1. The first-order valence-electron chi connectivity index (χ1n) is 10.2. The second-order valence-electron chi connectivity index (χ2n) is 6.64. The van der Waals surface area contributed by atoms with Gasteiger partial charge in [0.1, 0.15) is 5.75 Å². The van der Waals surface area contributed by atoms with Gasteiger partial charge in [0.25, 0.3) is 5.91 Å². The fourth-order valence-electron chi connectivity index (χ4n) is 2.84. The van der Waals surface area contributed by atoms with Gasteiger partial charge in [-0.2, -0.15) is 0 Å². The summed E-state index contributed by atoms with van der Waals surface area (Å²) in [5, 5.41) is 14.5. The Morgan fingerprint density at radius 2 is 1.90 bits per heavy atom. The number of carboxylic acids is 1. The molecule has 31 heavy (non-hydrogen) atoms. The molecular formula is C22H28N4O5. The van der Waals surface area contributed by atoms with Crippen molar-refractivity contribution in [3.05, 3.63) is 48.8 Å². The molecule has 0 aliphatic rings. The number of carbonyl (C=O) groups is 3. The number of likely N-dealkylation sites (N-methyl/N-ethyl adjacent to an activating group) is 1. The van der Waals surface area contributed by atoms with Gasteiger partial charge in [-0.15, -0.1) is 0 Å². The Morgan fingerprint density at radius 1 is 1.16 bits per heavy atom. The molecule has 2 rings (SSSR count). The van der Waals surface area contributed by atoms with Crippen LogP contribution in [0.3, 0.4) is 0 Å². The predicted molar refractivity (Wildman–Crippen MR) is 117 cm³/mol. The molecule has 1 aromatic carbocycles. The van der Waals surface area contributed by atoms with Crippen molar-refractivity contribution in [3.63, 3.8) is 0 Å². The lowest BCUT2D eigenvalue weighted by molar-refractivity contribution is -0.137. The second kappa shape index (κ2) is 12.2. The van der Waals surface area contributed by atoms with Gasteiger partial charge in [0, 0.05) is 31.3 Å². The van der Waals surface area contributed by atoms with E-state index in [1.807, 2.05) is 6.92 Å². The number of pyridine rings is 1. The summed E-state index contributed by atoms with van der Waals surface area (Å²) in [5.41, 5.74) is 1.13. The Bertz CT molecular complexity index is 858. The molecule has 1 heterocycles. The van der Waals surface area contributed by atoms with E-state index in [0.717, 1.165) is 0 Å². The van der Waals surface area contributed by atoms with Gasteiger partial charge in [0.15, 0.2) is 6.17 Å². The van der Waals surface area contributed by atoms with Gasteiger partial charge >= 0.3 is 5.97 Å². The quantitative estimate of drug-likeness (QED) is 0.351. The van der Waals surface area contributed by atoms with Crippen molar-refractivity contribution in [1.29, 1.82) is 0 Å². The summed E-state index contributed by atoms with van der Waals surface area (Å²) in [5.74, 6) is -0.851. The summed E-state index contributed by atoms with van der Waals surface area (Å²) < 4.78 is 5.53. The molecule has 0 saturated carbocycles. The Balaban J connectivity index is 2.19. The third-order valence-electron chi connectivity index (χ3n) is 4.31. The zero-order chi connectivity index (χ0) is 22.6. The molecule has 0 spiro atoms. The van der Waals surface area contributed by atoms with E-state index in [4.69, 9.17) is 9.84 Å². The minimum absolute atomic E-state index is 0.0451. The molecule has 166 valence electrons. The van der Waals surface area contributed by atoms with E-state index >= 15 is 0 Å². The number of aromatic nitrogens is 1. The highest BCUT2D eigenvalue weighted by molar-refractivity contribution is 6.01. The van der Waals surface area contributed by atoms with Crippen LogP contribution in [-0.4, -0.2) is 47.2 Å². The van der Waals surface area contributed by atoms with Crippen LogP contribution in [0.4, 0.5) is 11.4 Å². The normalized spacial score (nSPS) is 11.3. The van der Waals surface area contributed by atoms with Crippen molar-refractivity contribution in [1.82, 2.24) is 10.3 Å². The molecule has 0 aliphatic carbocycles. The summed E-state index contributed by atoms with van der Waals surface area (Å²) in [7, 11) is 0. The number of anilines is 2. The van der Waals surface area contributed by atoms with Crippen molar-refractivity contribution in [2.75, 3.05) is 23.4 Å². The lowest BCUT2D eigenvalue weighted by atomic mass is 10.2. The largest absolute Gasteiger partial charge is 0.494 e. The lowest BCUT2D eigenvalue weighted by Crippen LogP contribution is -2.54. The molecule has 3 N–H and O–H groups in total. The molecule has 9 heteroatoms. The van der Waals surface area contributed by atoms with E-state index in [9.17, 15) is 14.4 Å². The van der Waals surface area contributed by atoms with Gasteiger partial charge in [0.2, 0.25) is 5.91 Å². The fourth-order valence-corrected chi connectivity index (χ4v) is 2.84. The van der Waals surface area contributed by atoms with E-state index in [-0.39, 0.29) is 24.7 Å². The molecule has 1 atom stereocenters. The lowest BCUT2D eigenvalue weighted by Gasteiger charge is -2.31. The first-order chi connectivity index (χ1) is 15.0. The summed E-state index contributed by atoms with van der Waals surface area (Å²) in [6, 6.07) is 10.3. The van der Waals surface area contributed by atoms with Crippen molar-refractivity contribution in [2.45, 2.75) is 39.3 Å². The number of rotatable bonds is 12. The van der Waals surface area contributed by atoms with Crippen LogP contribution < -0.4 is 20.3 Å². The Kier molecular flexibility index (Phi) is 9.28. The number of carbonyl (C=O) groups excluding carboxylic acids is 2. The maximum Gasteiger partial charge on any atom is 0.303 e. The number of hydrogen-bond acceptors (Lipinski definition) is 6. The molecule has 1 unspecified atom stereocenters. The van der Waals surface area contributed by atoms with Crippen LogP contribution in [0.15, 0.2) is 48.8 Å². The third kappa shape index (κ3) is 7.29. The standard InChI is InChI=1S/C22H28N4O5/c1-3-19(27)26(17-7-5-13-23-15-17)21(22(30)24-4-2)25-16-9-11-18(12-10-16)31-14-6-8-20(28)29/h5,7,9-13,15,21,25H,3-4,6,8,14H2,1-2H3,(H,24,30)(H,28,29). The smallest absolute Gasteiger partial charge is 0.303 e. The predicted octanol–water partition coefficient (Wildman–Crippen LogP) is 2.64. The minimum Gasteiger partial charge on any atom is -0.494 e. The summed E-state index contributed by atoms with van der Waals surface area (Å²) in [6.45, 7) is 4.25. The van der Waals surface area contributed by atoms with E-state index in [0.29, 0.717) is 36.7 Å². The average molecular weight is 428 g/mol. The highest BCUT2D eigenvalue weighted by atomic mass is 16.5. The summed E-state index contributed by atoms with van der Waals surface area (Å²) in [6.07, 6.45) is 2.84. The molecule has 9 nitrogen and oxygen atoms in total. The molecule has 2 amide bonds. The summed E-state index contributed by atoms with van der Waals surface area (Å²) in [4.78, 5) is 41.6. The number of amides is 2. The molecule has 0 aliphatic heterocycles. The van der Waals surface area contributed by atoms with Gasteiger partial charge in [-0.25, -0.2) is 0 Å². The summed E-state index contributed by atoms with van der Waals surface area (Å²) >= 11 is 0. The monoisotopic (exact) mass is 428 g/mol. The third-order valence-corrected chi connectivity index (χ3v) is 4.31. The molecule has 1 aromatic heterocycles. The number of ether oxygens (including phenoxy) is 1. The van der Waals surface area contributed by atoms with Crippen LogP contribution in [0.2, 0.25) is 0 Å². The van der Waals surface area contributed by atoms with Crippen LogP contribution in [-0.2, 0) is 14.4 Å². The highest BCUT2D eigenvalue weighted by Gasteiger charge is 2.30. The zero-order valence-corrected chi connectivity index (χ0v) is 17.7. The van der Waals surface area contributed by atoms with Crippen molar-refractivity contribution < 1.29 is 24.2 Å². The van der Waals surface area contributed by atoms with E-state index in [1.165, 1.54) is 11.1 Å². The van der Waals surface area contributed by atoms with Crippen LogP contribution in [0.25, 0.3) is 0 Å². The maximum absolute atomic E-state index is 12.8. The Hall–Kier alpha value is -3.62. The number of nitrogens with one attached hydrogen (secondary N) is 2. The van der Waals surface area contributed by atoms with E-state index in [2.05, 4.69) is 15.6 Å². The van der Waals surface area contributed by atoms with Gasteiger partial charge in [-0.05, 0) is 49.7 Å². The molecular weight excluding hydrogens is 400 g/mol. The van der Waals surface area contributed by atoms with Crippen molar-refractivity contribution in [3.8, 4) is 5.75 Å². The zero-order valence-electron chi connectivity index (χ0n) is 17.7. The van der Waals surface area contributed by atoms with Crippen molar-refractivity contribution in [2.24, 2.45) is 0 Å². The van der Waals surface area contributed by atoms with Gasteiger partial charge in [-0.1, -0.05) is 6.92 Å². The van der Waals surface area contributed by atoms with Crippen LogP contribution in [0, 0.1) is 0 Å². The Labute approximate surface area is 181 Å². The molecule has 0 fully saturated rings. The van der Waals surface area contributed by atoms with Gasteiger partial charge < -0.3 is 20.5 Å². The molecule has 0 saturated heterocycles. The molecule has 2 aromatic rings. The van der Waals surface area contributed by atoms with Crippen LogP contribution >= 0.6 is 0 Å². The number of benzene rings is 1. The minimum atomic E-state index is -0.973. The van der Waals surface area contributed by atoms with Crippen LogP contribution in [0.1, 0.15) is 33.1 Å². The van der Waals surface area contributed by atoms with Gasteiger partial charge in [0.05, 0.1) is 18.5 Å². The molecule has 0 radical (unpaired) electrons. The number of aliphatic carboxylic acids is 1. The first kappa shape index (κ1) is 23.7. The molecule has 0 bridgehead atoms. The van der Waals surface area contributed by atoms with E-state index in [1.54, 1.807) is 49.5 Å². The second-order valence-corrected chi connectivity index (χ2v) is 6.64. The SMILES string of the molecule is CCNC(=O)C(Nc1ccc(OCCCC(=O)O)cc1)N(C(=O)CC)c1cccnc1. The topological polar surface area (TPSA) is 121 Å². The number of nitrogens with zero attached hydrogens (tertiary/aromatic N) is 2. The first-order valence-corrected chi connectivity index (χ1v) is 10.2. The van der Waals surface area contributed by atoms with Crippen LogP contribution in [0.5, 0.6) is 5.75 Å². The average Bonchev–Trinajstić information content (AvgIpc) is 2.77. The fraction of sp³-hybridized carbons (Fsp3) is 0.364. The van der Waals surface area contributed by atoms with Gasteiger partial charge in [-0.3, -0.25) is 24.3 Å². The number of hydrogen-bond donors (Lipinski definition) is 3. The maximum atomic E-state index is 12.8. The highest BCUT2D eigenvalue weighted by Crippen LogP contribution is 2.21.